The number of amides is 1. The quantitative estimate of drug-likeness (QED) is 0.0399. The van der Waals surface area contributed by atoms with E-state index in [0.29, 0.717) is 12.8 Å². The third kappa shape index (κ3) is 15.7. The van der Waals surface area contributed by atoms with Gasteiger partial charge >= 0.3 is 18.0 Å². The van der Waals surface area contributed by atoms with Crippen LogP contribution < -0.4 is 5.73 Å². The number of carbonyl (C=O) groups is 5. The second kappa shape index (κ2) is 22.4. The number of primary amides is 1. The van der Waals surface area contributed by atoms with Gasteiger partial charge in [0.2, 0.25) is 11.6 Å². The number of ether oxygens (including phenoxy) is 2. The number of aliphatic hydroxyl groups is 3. The number of rotatable bonds is 20. The van der Waals surface area contributed by atoms with Gasteiger partial charge in [-0.3, -0.25) is 19.2 Å². The van der Waals surface area contributed by atoms with Crippen LogP contribution in [0.5, 0.6) is 0 Å². The molecule has 1 saturated carbocycles. The number of allylic oxidation sites excluding steroid dienone is 8. The normalized spacial score (nSPS) is 22.8. The number of carboxylic acids is 1. The van der Waals surface area contributed by atoms with Crippen LogP contribution in [0.15, 0.2) is 60.3 Å². The van der Waals surface area contributed by atoms with Crippen molar-refractivity contribution in [2.24, 2.45) is 17.6 Å². The number of hydrogen-bond donors (Lipinski definition) is 5. The molecule has 1 rings (SSSR count). The van der Waals surface area contributed by atoms with E-state index in [4.69, 9.17) is 43.5 Å². The molecule has 0 aromatic rings. The largest absolute Gasteiger partial charge is 0.481 e. The monoisotopic (exact) mass is 715 g/mol. The summed E-state index contributed by atoms with van der Waals surface area (Å²) in [4.78, 5) is 59.7. The van der Waals surface area contributed by atoms with Crippen molar-refractivity contribution in [2.45, 2.75) is 107 Å². The van der Waals surface area contributed by atoms with Gasteiger partial charge in [0.05, 0.1) is 24.5 Å². The number of nitrogens with two attached hydrogens (primary N) is 1. The summed E-state index contributed by atoms with van der Waals surface area (Å²) < 4.78 is 10.1. The fraction of sp³-hybridized carbons (Fsp3) is 0.559. The number of carbonyl (C=O) groups excluding carboxylic acids is 4. The van der Waals surface area contributed by atoms with Gasteiger partial charge in [0, 0.05) is 24.1 Å². The molecule has 1 amide bonds. The predicted octanol–water partition coefficient (Wildman–Crippen LogP) is 4.07. The second-order valence-electron chi connectivity index (χ2n) is 11.5. The average Bonchev–Trinajstić information content (AvgIpc) is 3.03. The highest BCUT2D eigenvalue weighted by molar-refractivity contribution is 6.41. The topological polar surface area (TPSA) is 211 Å². The molecule has 48 heavy (non-hydrogen) atoms. The molecule has 9 unspecified atom stereocenters. The Morgan fingerprint density at radius 3 is 2.31 bits per heavy atom. The zero-order chi connectivity index (χ0) is 36.4. The fourth-order valence-corrected chi connectivity index (χ4v) is 5.13. The van der Waals surface area contributed by atoms with Crippen LogP contribution in [0.25, 0.3) is 0 Å². The van der Waals surface area contributed by atoms with Gasteiger partial charge in [-0.25, -0.2) is 4.79 Å². The first-order valence-electron chi connectivity index (χ1n) is 15.7. The number of ketones is 2. The average molecular weight is 717 g/mol. The SMILES string of the molecule is CCC=CC(OC(N)=O)C(Cl)C(O)CC(O)C(=O)C(=O)C(C)C(Cl)C/C=C/C=C(C)/C=C/C=CCC(=O)OC1CC(C(=O)O)CCC1O. The Labute approximate surface area is 290 Å². The van der Waals surface area contributed by atoms with E-state index in [2.05, 4.69) is 0 Å². The minimum atomic E-state index is -1.85. The first kappa shape index (κ1) is 42.7. The highest BCUT2D eigenvalue weighted by Crippen LogP contribution is 2.27. The zero-order valence-corrected chi connectivity index (χ0v) is 28.8. The van der Waals surface area contributed by atoms with Gasteiger partial charge in [0.1, 0.15) is 23.7 Å². The molecule has 1 fully saturated rings. The van der Waals surface area contributed by atoms with Crippen LogP contribution in [0.4, 0.5) is 4.79 Å². The Bertz CT molecular complexity index is 1250. The van der Waals surface area contributed by atoms with E-state index < -0.39 is 89.1 Å². The first-order chi connectivity index (χ1) is 22.6. The first-order valence-corrected chi connectivity index (χ1v) is 16.6. The van der Waals surface area contributed by atoms with Gasteiger partial charge in [0.15, 0.2) is 0 Å². The molecule has 6 N–H and O–H groups in total. The Kier molecular flexibility index (Phi) is 19.9. The summed E-state index contributed by atoms with van der Waals surface area (Å²) in [5, 5.41) is 37.9. The van der Waals surface area contributed by atoms with E-state index in [1.807, 2.05) is 13.8 Å². The summed E-state index contributed by atoms with van der Waals surface area (Å²) in [5.74, 6) is -5.15. The Morgan fingerprint density at radius 1 is 1.00 bits per heavy atom. The van der Waals surface area contributed by atoms with Gasteiger partial charge in [-0.1, -0.05) is 68.0 Å². The van der Waals surface area contributed by atoms with Gasteiger partial charge < -0.3 is 35.6 Å². The summed E-state index contributed by atoms with van der Waals surface area (Å²) in [6.45, 7) is 5.11. The molecule has 1 aliphatic rings. The standard InChI is InChI=1S/C34H47Cl2NO11/c1-4-5-14-27(48-34(37)46)30(36)25(39)19-26(40)32(43)31(42)21(3)23(35)13-10-9-12-20(2)11-7-6-8-15-29(41)47-28-18-22(33(44)45)16-17-24(28)38/h5-12,14,21-28,30,38-40H,4,13,15-19H2,1-3H3,(H2,37,46)(H,44,45)/b8-6?,10-9+,11-7+,14-5?,20-12+. The number of carboxylic acid groups (broad SMARTS) is 1. The van der Waals surface area contributed by atoms with Crippen molar-refractivity contribution in [1.29, 1.82) is 0 Å². The van der Waals surface area contributed by atoms with Gasteiger partial charge in [-0.05, 0) is 38.7 Å². The van der Waals surface area contributed by atoms with Crippen molar-refractivity contribution in [3.63, 3.8) is 0 Å². The van der Waals surface area contributed by atoms with Crippen molar-refractivity contribution in [2.75, 3.05) is 0 Å². The molecule has 0 heterocycles. The summed E-state index contributed by atoms with van der Waals surface area (Å²) in [6.07, 6.45) is 8.57. The van der Waals surface area contributed by atoms with Crippen LogP contribution in [-0.2, 0) is 28.7 Å². The summed E-state index contributed by atoms with van der Waals surface area (Å²) in [7, 11) is 0. The molecular formula is C34H47Cl2NO11. The van der Waals surface area contributed by atoms with Gasteiger partial charge in [-0.15, -0.1) is 23.2 Å². The molecule has 12 nitrogen and oxygen atoms in total. The molecule has 0 aromatic carbocycles. The van der Waals surface area contributed by atoms with Crippen LogP contribution in [-0.4, -0.2) is 91.3 Å². The van der Waals surface area contributed by atoms with E-state index in [0.717, 1.165) is 5.57 Å². The maximum absolute atomic E-state index is 12.7. The van der Waals surface area contributed by atoms with Gasteiger partial charge in [-0.2, -0.15) is 0 Å². The molecule has 0 aliphatic heterocycles. The molecule has 14 heteroatoms. The molecule has 0 radical (unpaired) electrons. The van der Waals surface area contributed by atoms with Crippen molar-refractivity contribution in [3.8, 4) is 0 Å². The summed E-state index contributed by atoms with van der Waals surface area (Å²) in [6, 6.07) is 0. The highest BCUT2D eigenvalue weighted by atomic mass is 35.5. The number of hydrogen-bond acceptors (Lipinski definition) is 10. The van der Waals surface area contributed by atoms with Crippen molar-refractivity contribution >= 4 is 52.8 Å². The molecule has 0 aromatic heterocycles. The Hall–Kier alpha value is -3.29. The lowest BCUT2D eigenvalue weighted by atomic mass is 9.85. The van der Waals surface area contributed by atoms with Crippen LogP contribution in [0.3, 0.4) is 0 Å². The molecule has 9 atom stereocenters. The highest BCUT2D eigenvalue weighted by Gasteiger charge is 2.36. The molecular weight excluding hydrogens is 669 g/mol. The van der Waals surface area contributed by atoms with E-state index in [1.165, 1.54) is 13.0 Å². The second-order valence-corrected chi connectivity index (χ2v) is 12.6. The van der Waals surface area contributed by atoms with Crippen LogP contribution in [0.1, 0.15) is 65.7 Å². The number of alkyl halides is 2. The maximum Gasteiger partial charge on any atom is 0.405 e. The number of Topliss-reactive ketones (excluding diaryl/α,β-unsaturated/α-hetero) is 2. The molecule has 1 aliphatic carbocycles. The smallest absolute Gasteiger partial charge is 0.405 e. The van der Waals surface area contributed by atoms with E-state index in [1.54, 1.807) is 48.6 Å². The number of halogens is 2. The Balaban J connectivity index is 2.54. The molecule has 268 valence electrons. The predicted molar refractivity (Wildman–Crippen MR) is 180 cm³/mol. The Morgan fingerprint density at radius 2 is 1.69 bits per heavy atom. The lowest BCUT2D eigenvalue weighted by Gasteiger charge is -2.30. The molecule has 0 spiro atoms. The third-order valence-corrected chi connectivity index (χ3v) is 8.69. The number of aliphatic carboxylic acids is 1. The lowest BCUT2D eigenvalue weighted by Crippen LogP contribution is -2.42. The lowest BCUT2D eigenvalue weighted by molar-refractivity contribution is -0.163. The summed E-state index contributed by atoms with van der Waals surface area (Å²) in [5.41, 5.74) is 5.89. The van der Waals surface area contributed by atoms with Crippen molar-refractivity contribution in [1.82, 2.24) is 0 Å². The van der Waals surface area contributed by atoms with Crippen LogP contribution >= 0.6 is 23.2 Å². The van der Waals surface area contributed by atoms with Crippen LogP contribution in [0, 0.1) is 11.8 Å². The van der Waals surface area contributed by atoms with Crippen molar-refractivity contribution < 1.29 is 53.9 Å². The number of aliphatic hydroxyl groups excluding tert-OH is 3. The third-order valence-electron chi connectivity index (χ3n) is 7.60. The van der Waals surface area contributed by atoms with Gasteiger partial charge in [0.25, 0.3) is 0 Å². The van der Waals surface area contributed by atoms with E-state index >= 15 is 0 Å². The zero-order valence-electron chi connectivity index (χ0n) is 27.3. The fourth-order valence-electron chi connectivity index (χ4n) is 4.67. The number of esters is 1. The molecule has 0 saturated heterocycles. The minimum absolute atomic E-state index is 0.0433. The minimum Gasteiger partial charge on any atom is -0.481 e. The maximum atomic E-state index is 12.7. The summed E-state index contributed by atoms with van der Waals surface area (Å²) >= 11 is 12.5. The van der Waals surface area contributed by atoms with Crippen molar-refractivity contribution in [3.05, 3.63) is 60.3 Å². The van der Waals surface area contributed by atoms with Crippen LogP contribution in [0.2, 0.25) is 0 Å². The van der Waals surface area contributed by atoms with E-state index in [-0.39, 0.29) is 25.7 Å². The van der Waals surface area contributed by atoms with E-state index in [9.17, 15) is 39.3 Å². The molecule has 0 bridgehead atoms.